The molecule has 1 amide bonds. The Hall–Kier alpha value is -4.82. The second-order valence-corrected chi connectivity index (χ2v) is 10.5. The van der Waals surface area contributed by atoms with Gasteiger partial charge < -0.3 is 20.1 Å². The van der Waals surface area contributed by atoms with E-state index in [2.05, 4.69) is 5.32 Å². The first kappa shape index (κ1) is 31.1. The summed E-state index contributed by atoms with van der Waals surface area (Å²) in [5, 5.41) is 13.0. The Morgan fingerprint density at radius 3 is 2.35 bits per heavy atom. The number of carboxylic acids is 1. The molecule has 7 nitrogen and oxygen atoms in total. The lowest BCUT2D eigenvalue weighted by Crippen LogP contribution is -2.33. The highest BCUT2D eigenvalue weighted by molar-refractivity contribution is 7.98. The van der Waals surface area contributed by atoms with Crippen LogP contribution in [-0.2, 0) is 16.0 Å². The first-order valence-corrected chi connectivity index (χ1v) is 15.1. The summed E-state index contributed by atoms with van der Waals surface area (Å²) in [5.41, 5.74) is 2.99. The fourth-order valence-electron chi connectivity index (χ4n) is 4.53. The van der Waals surface area contributed by atoms with Gasteiger partial charge >= 0.3 is 5.97 Å². The predicted octanol–water partition coefficient (Wildman–Crippen LogP) is 6.74. The molecule has 8 heteroatoms. The zero-order valence-electron chi connectivity index (χ0n) is 24.1. The van der Waals surface area contributed by atoms with Gasteiger partial charge in [0.05, 0.1) is 6.54 Å². The highest BCUT2D eigenvalue weighted by atomic mass is 32.2. The molecule has 0 aromatic heterocycles. The van der Waals surface area contributed by atoms with Gasteiger partial charge in [-0.25, -0.2) is 4.79 Å². The summed E-state index contributed by atoms with van der Waals surface area (Å²) in [4.78, 5) is 40.8. The van der Waals surface area contributed by atoms with Crippen molar-refractivity contribution >= 4 is 40.8 Å². The minimum atomic E-state index is -1.03. The van der Waals surface area contributed by atoms with E-state index in [4.69, 9.17) is 4.74 Å². The normalized spacial score (nSPS) is 11.6. The lowest BCUT2D eigenvalue weighted by molar-refractivity contribution is -0.137. The van der Waals surface area contributed by atoms with Crippen molar-refractivity contribution in [2.24, 2.45) is 0 Å². The van der Waals surface area contributed by atoms with Crippen LogP contribution in [0.3, 0.4) is 0 Å². The van der Waals surface area contributed by atoms with Gasteiger partial charge in [-0.05, 0) is 67.3 Å². The van der Waals surface area contributed by atoms with E-state index in [1.165, 1.54) is 6.08 Å². The van der Waals surface area contributed by atoms with Gasteiger partial charge in [-0.15, -0.1) is 11.8 Å². The van der Waals surface area contributed by atoms with Crippen molar-refractivity contribution in [3.63, 3.8) is 0 Å². The van der Waals surface area contributed by atoms with Gasteiger partial charge in [0, 0.05) is 33.8 Å². The summed E-state index contributed by atoms with van der Waals surface area (Å²) in [6.07, 6.45) is 5.43. The SMILES string of the molecule is CC=CC(=O)N(CCOc1ccc(C[C@H](Nc2ccccc2C(=O)c2ccccc2)C(=O)O)cc1)c1cccc(SC)c1. The summed E-state index contributed by atoms with van der Waals surface area (Å²) >= 11 is 1.61. The van der Waals surface area contributed by atoms with Gasteiger partial charge in [0.2, 0.25) is 0 Å². The van der Waals surface area contributed by atoms with Crippen molar-refractivity contribution in [2.45, 2.75) is 24.3 Å². The molecule has 0 heterocycles. The Morgan fingerprint density at radius 1 is 0.930 bits per heavy atom. The highest BCUT2D eigenvalue weighted by Gasteiger charge is 2.21. The number of carbonyl (C=O) groups excluding carboxylic acids is 2. The predicted molar refractivity (Wildman–Crippen MR) is 172 cm³/mol. The summed E-state index contributed by atoms with van der Waals surface area (Å²) in [6, 6.07) is 29.9. The molecular weight excluding hydrogens is 560 g/mol. The molecule has 4 rings (SSSR count). The van der Waals surface area contributed by atoms with Crippen molar-refractivity contribution in [1.29, 1.82) is 0 Å². The molecule has 0 aliphatic carbocycles. The zero-order chi connectivity index (χ0) is 30.6. The summed E-state index contributed by atoms with van der Waals surface area (Å²) in [5.74, 6) is -0.728. The Bertz CT molecular complexity index is 1570. The average molecular weight is 595 g/mol. The average Bonchev–Trinajstić information content (AvgIpc) is 3.04. The van der Waals surface area contributed by atoms with Gasteiger partial charge in [-0.1, -0.05) is 66.7 Å². The lowest BCUT2D eigenvalue weighted by atomic mass is 10.00. The zero-order valence-corrected chi connectivity index (χ0v) is 24.9. The molecule has 4 aromatic carbocycles. The number of nitrogens with one attached hydrogen (secondary N) is 1. The number of para-hydroxylation sites is 1. The number of aliphatic carboxylic acids is 1. The number of carbonyl (C=O) groups is 3. The van der Waals surface area contributed by atoms with Crippen LogP contribution in [0, 0.1) is 0 Å². The molecule has 0 aliphatic heterocycles. The molecule has 1 atom stereocenters. The molecule has 220 valence electrons. The van der Waals surface area contributed by atoms with Gasteiger partial charge in [0.1, 0.15) is 18.4 Å². The standard InChI is InChI=1S/C35H34N2O5S/c1-3-10-33(38)37(27-13-9-14-29(24-27)43-2)21-22-42-28-19-17-25(18-20-28)23-32(35(40)41)36-31-16-8-7-15-30(31)34(39)26-11-5-4-6-12-26/h3-20,24,32,36H,21-23H2,1-2H3,(H,40,41)/t32-/m0/s1. The second-order valence-electron chi connectivity index (χ2n) is 9.66. The van der Waals surface area contributed by atoms with Crippen LogP contribution in [0.15, 0.2) is 120 Å². The molecule has 0 fully saturated rings. The minimum Gasteiger partial charge on any atom is -0.492 e. The number of ketones is 1. The van der Waals surface area contributed by atoms with Gasteiger partial charge in [-0.2, -0.15) is 0 Å². The monoisotopic (exact) mass is 594 g/mol. The third-order valence-electron chi connectivity index (χ3n) is 6.72. The number of allylic oxidation sites excluding steroid dienone is 1. The fraction of sp³-hybridized carbons (Fsp3) is 0.171. The topological polar surface area (TPSA) is 95.9 Å². The number of ether oxygens (including phenoxy) is 1. The van der Waals surface area contributed by atoms with E-state index in [1.807, 2.05) is 48.7 Å². The van der Waals surface area contributed by atoms with Crippen LogP contribution in [0.25, 0.3) is 0 Å². The van der Waals surface area contributed by atoms with E-state index in [-0.39, 0.29) is 24.7 Å². The van der Waals surface area contributed by atoms with Gasteiger partial charge in [0.25, 0.3) is 5.91 Å². The maximum atomic E-state index is 13.1. The van der Waals surface area contributed by atoms with Crippen molar-refractivity contribution < 1.29 is 24.2 Å². The molecule has 2 N–H and O–H groups in total. The molecular formula is C35H34N2O5S. The third kappa shape index (κ3) is 8.59. The van der Waals surface area contributed by atoms with E-state index < -0.39 is 12.0 Å². The van der Waals surface area contributed by atoms with Crippen molar-refractivity contribution in [3.05, 3.63) is 132 Å². The maximum Gasteiger partial charge on any atom is 0.326 e. The third-order valence-corrected chi connectivity index (χ3v) is 7.45. The molecule has 43 heavy (non-hydrogen) atoms. The van der Waals surface area contributed by atoms with Gasteiger partial charge in [-0.3, -0.25) is 9.59 Å². The Balaban J connectivity index is 1.40. The lowest BCUT2D eigenvalue weighted by Gasteiger charge is -2.22. The van der Waals surface area contributed by atoms with E-state index in [0.717, 1.165) is 16.1 Å². The molecule has 0 spiro atoms. The van der Waals surface area contributed by atoms with Gasteiger partial charge in [0.15, 0.2) is 5.78 Å². The second kappa shape index (κ2) is 15.4. The minimum absolute atomic E-state index is 0.126. The van der Waals surface area contributed by atoms with Crippen LogP contribution in [0.5, 0.6) is 5.75 Å². The van der Waals surface area contributed by atoms with E-state index in [1.54, 1.807) is 90.3 Å². The number of thioether (sulfide) groups is 1. The summed E-state index contributed by atoms with van der Waals surface area (Å²) in [6.45, 7) is 2.44. The number of anilines is 2. The largest absolute Gasteiger partial charge is 0.492 e. The van der Waals surface area contributed by atoms with E-state index in [0.29, 0.717) is 29.1 Å². The number of hydrogen-bond acceptors (Lipinski definition) is 6. The van der Waals surface area contributed by atoms with E-state index in [9.17, 15) is 19.5 Å². The molecule has 0 radical (unpaired) electrons. The number of hydrogen-bond donors (Lipinski definition) is 2. The van der Waals surface area contributed by atoms with Crippen LogP contribution >= 0.6 is 11.8 Å². The smallest absolute Gasteiger partial charge is 0.326 e. The molecule has 4 aromatic rings. The quantitative estimate of drug-likeness (QED) is 0.0949. The first-order chi connectivity index (χ1) is 20.9. The number of rotatable bonds is 14. The van der Waals surface area contributed by atoms with E-state index >= 15 is 0 Å². The summed E-state index contributed by atoms with van der Waals surface area (Å²) < 4.78 is 5.94. The molecule has 0 unspecified atom stereocenters. The highest BCUT2D eigenvalue weighted by Crippen LogP contribution is 2.24. The van der Waals surface area contributed by atoms with Crippen molar-refractivity contribution in [3.8, 4) is 5.75 Å². The van der Waals surface area contributed by atoms with Crippen LogP contribution in [0.4, 0.5) is 11.4 Å². The van der Waals surface area contributed by atoms with Crippen LogP contribution < -0.4 is 15.0 Å². The molecule has 0 saturated carbocycles. The first-order valence-electron chi connectivity index (χ1n) is 13.9. The Morgan fingerprint density at radius 2 is 1.65 bits per heavy atom. The molecule has 0 aliphatic rings. The molecule has 0 saturated heterocycles. The summed E-state index contributed by atoms with van der Waals surface area (Å²) in [7, 11) is 0. The van der Waals surface area contributed by atoms with Crippen LogP contribution in [-0.4, -0.2) is 48.2 Å². The van der Waals surface area contributed by atoms with Crippen molar-refractivity contribution in [2.75, 3.05) is 29.6 Å². The number of carboxylic acid groups (broad SMARTS) is 1. The van der Waals surface area contributed by atoms with Crippen LogP contribution in [0.1, 0.15) is 28.4 Å². The number of benzene rings is 4. The number of amides is 1. The molecule has 0 bridgehead atoms. The maximum absolute atomic E-state index is 13.1. The number of nitrogens with zero attached hydrogens (tertiary/aromatic N) is 1. The van der Waals surface area contributed by atoms with Crippen molar-refractivity contribution in [1.82, 2.24) is 0 Å². The van der Waals surface area contributed by atoms with Crippen LogP contribution in [0.2, 0.25) is 0 Å². The Labute approximate surface area is 256 Å². The Kier molecular flexibility index (Phi) is 11.2. The fourth-order valence-corrected chi connectivity index (χ4v) is 4.98.